The lowest BCUT2D eigenvalue weighted by molar-refractivity contribution is 0.105. The summed E-state index contributed by atoms with van der Waals surface area (Å²) in [6, 6.07) is 16.2. The third-order valence-corrected chi connectivity index (χ3v) is 7.51. The van der Waals surface area contributed by atoms with Crippen molar-refractivity contribution in [3.05, 3.63) is 83.1 Å². The van der Waals surface area contributed by atoms with Crippen LogP contribution < -0.4 is 0 Å². The molecule has 3 rings (SSSR count). The van der Waals surface area contributed by atoms with Crippen molar-refractivity contribution >= 4 is 66.4 Å². The third-order valence-electron chi connectivity index (χ3n) is 3.19. The van der Waals surface area contributed by atoms with E-state index in [1.165, 1.54) is 10.4 Å². The molecule has 0 spiro atoms. The van der Waals surface area contributed by atoms with Crippen LogP contribution in [0.4, 0.5) is 0 Å². The van der Waals surface area contributed by atoms with Crippen LogP contribution in [0.1, 0.15) is 25.0 Å². The van der Waals surface area contributed by atoms with Gasteiger partial charge in [0.2, 0.25) is 0 Å². The molecule has 0 atom stereocenters. The summed E-state index contributed by atoms with van der Waals surface area (Å²) in [5, 5.41) is 0. The van der Waals surface area contributed by atoms with Crippen molar-refractivity contribution in [3.8, 4) is 0 Å². The van der Waals surface area contributed by atoms with E-state index in [4.69, 9.17) is 0 Å². The van der Waals surface area contributed by atoms with Crippen LogP contribution in [0.5, 0.6) is 0 Å². The first-order chi connectivity index (χ1) is 11.1. The second kappa shape index (κ2) is 7.71. The fraction of sp³-hybridized carbons (Fsp3) is 0.0556. The molecule has 0 N–H and O–H groups in total. The van der Waals surface area contributed by atoms with E-state index in [2.05, 4.69) is 44.0 Å². The molecule has 0 aliphatic heterocycles. The lowest BCUT2D eigenvalue weighted by Gasteiger charge is -1.96. The van der Waals surface area contributed by atoms with Gasteiger partial charge in [0.1, 0.15) is 0 Å². The maximum absolute atomic E-state index is 12.3. The monoisotopic (exact) mass is 466 g/mol. The maximum Gasteiger partial charge on any atom is 0.195 e. The Morgan fingerprint density at radius 3 is 2.52 bits per heavy atom. The van der Waals surface area contributed by atoms with Crippen LogP contribution >= 0.6 is 54.5 Å². The highest BCUT2D eigenvalue weighted by Gasteiger charge is 2.08. The van der Waals surface area contributed by atoms with Crippen LogP contribution in [0.25, 0.3) is 6.08 Å². The first kappa shape index (κ1) is 16.8. The van der Waals surface area contributed by atoms with E-state index in [1.54, 1.807) is 28.7 Å². The summed E-state index contributed by atoms with van der Waals surface area (Å²) >= 11 is 10.1. The second-order valence-corrected chi connectivity index (χ2v) is 9.32. The Kier molecular flexibility index (Phi) is 5.64. The van der Waals surface area contributed by atoms with Crippen molar-refractivity contribution in [1.29, 1.82) is 0 Å². The number of carbonyl (C=O) groups is 1. The van der Waals surface area contributed by atoms with Gasteiger partial charge >= 0.3 is 0 Å². The van der Waals surface area contributed by atoms with Crippen LogP contribution in [0.3, 0.4) is 0 Å². The summed E-state index contributed by atoms with van der Waals surface area (Å²) in [6.07, 6.45) is 4.37. The summed E-state index contributed by atoms with van der Waals surface area (Å²) in [5.41, 5.74) is 1.26. The van der Waals surface area contributed by atoms with E-state index in [9.17, 15) is 4.79 Å². The Balaban J connectivity index is 1.68. The number of hydrogen-bond donors (Lipinski definition) is 0. The SMILES string of the molecule is O=C(/C=C/c1cc(Br)c(Br)s1)c1ccc(Cc2ccccc2)s1. The van der Waals surface area contributed by atoms with Crippen LogP contribution in [0.15, 0.2) is 62.9 Å². The van der Waals surface area contributed by atoms with Crippen molar-refractivity contribution in [2.24, 2.45) is 0 Å². The second-order valence-electron chi connectivity index (χ2n) is 4.90. The highest BCUT2D eigenvalue weighted by atomic mass is 79.9. The van der Waals surface area contributed by atoms with E-state index in [0.717, 1.165) is 24.4 Å². The average molecular weight is 468 g/mol. The Hall–Kier alpha value is -1.01. The topological polar surface area (TPSA) is 17.1 Å². The zero-order chi connectivity index (χ0) is 16.2. The molecule has 5 heteroatoms. The predicted molar refractivity (Wildman–Crippen MR) is 107 cm³/mol. The summed E-state index contributed by atoms with van der Waals surface area (Å²) in [5.74, 6) is 0.0509. The van der Waals surface area contributed by atoms with E-state index in [-0.39, 0.29) is 5.78 Å². The molecule has 0 saturated carbocycles. The van der Waals surface area contributed by atoms with Gasteiger partial charge in [0.05, 0.1) is 8.66 Å². The van der Waals surface area contributed by atoms with Crippen LogP contribution in [-0.2, 0) is 6.42 Å². The summed E-state index contributed by atoms with van der Waals surface area (Å²) in [6.45, 7) is 0. The predicted octanol–water partition coefficient (Wildman–Crippen LogP) is 6.82. The van der Waals surface area contributed by atoms with Gasteiger partial charge in [-0.05, 0) is 67.8 Å². The van der Waals surface area contributed by atoms with Crippen molar-refractivity contribution in [2.75, 3.05) is 0 Å². The average Bonchev–Trinajstić information content (AvgIpc) is 3.13. The van der Waals surface area contributed by atoms with E-state index in [1.807, 2.05) is 42.5 Å². The van der Waals surface area contributed by atoms with Gasteiger partial charge < -0.3 is 0 Å². The molecule has 0 bridgehead atoms. The first-order valence-corrected chi connectivity index (χ1v) is 10.1. The number of carbonyl (C=O) groups excluding carboxylic acids is 1. The van der Waals surface area contributed by atoms with Gasteiger partial charge in [0, 0.05) is 20.6 Å². The van der Waals surface area contributed by atoms with Crippen LogP contribution in [0.2, 0.25) is 0 Å². The Morgan fingerprint density at radius 1 is 1.04 bits per heavy atom. The first-order valence-electron chi connectivity index (χ1n) is 6.92. The van der Waals surface area contributed by atoms with Crippen molar-refractivity contribution < 1.29 is 4.79 Å². The molecule has 0 aliphatic carbocycles. The number of rotatable bonds is 5. The van der Waals surface area contributed by atoms with Crippen molar-refractivity contribution in [3.63, 3.8) is 0 Å². The Morgan fingerprint density at radius 2 is 1.83 bits per heavy atom. The molecule has 0 amide bonds. The van der Waals surface area contributed by atoms with Gasteiger partial charge in [-0.25, -0.2) is 0 Å². The minimum Gasteiger partial charge on any atom is -0.288 e. The molecule has 3 aromatic rings. The van der Waals surface area contributed by atoms with Gasteiger partial charge in [-0.3, -0.25) is 4.79 Å². The number of ketones is 1. The Bertz CT molecular complexity index is 828. The number of benzene rings is 1. The molecule has 0 unspecified atom stereocenters. The van der Waals surface area contributed by atoms with E-state index >= 15 is 0 Å². The lowest BCUT2D eigenvalue weighted by Crippen LogP contribution is -1.88. The quantitative estimate of drug-likeness (QED) is 0.297. The molecular weight excluding hydrogens is 456 g/mol. The molecule has 0 aliphatic rings. The van der Waals surface area contributed by atoms with Crippen LogP contribution in [0, 0.1) is 0 Å². The summed E-state index contributed by atoms with van der Waals surface area (Å²) in [4.78, 5) is 15.3. The largest absolute Gasteiger partial charge is 0.288 e. The number of thiophene rings is 2. The fourth-order valence-electron chi connectivity index (χ4n) is 2.09. The number of allylic oxidation sites excluding steroid dienone is 1. The van der Waals surface area contributed by atoms with Gasteiger partial charge in [-0.1, -0.05) is 30.3 Å². The molecule has 116 valence electrons. The molecule has 0 fully saturated rings. The minimum absolute atomic E-state index is 0.0509. The summed E-state index contributed by atoms with van der Waals surface area (Å²) < 4.78 is 2.04. The third kappa shape index (κ3) is 4.51. The molecule has 23 heavy (non-hydrogen) atoms. The molecule has 1 nitrogen and oxygen atoms in total. The smallest absolute Gasteiger partial charge is 0.195 e. The highest BCUT2D eigenvalue weighted by molar-refractivity contribution is 9.13. The molecule has 2 heterocycles. The van der Waals surface area contributed by atoms with Crippen molar-refractivity contribution in [2.45, 2.75) is 6.42 Å². The highest BCUT2D eigenvalue weighted by Crippen LogP contribution is 2.33. The minimum atomic E-state index is 0.0509. The number of hydrogen-bond acceptors (Lipinski definition) is 3. The van der Waals surface area contributed by atoms with E-state index in [0.29, 0.717) is 0 Å². The van der Waals surface area contributed by atoms with Gasteiger partial charge in [0.15, 0.2) is 5.78 Å². The molecule has 0 saturated heterocycles. The van der Waals surface area contributed by atoms with E-state index < -0.39 is 0 Å². The maximum atomic E-state index is 12.3. The zero-order valence-corrected chi connectivity index (χ0v) is 16.8. The fourth-order valence-corrected chi connectivity index (χ4v) is 5.04. The Labute approximate surface area is 159 Å². The molecule has 2 aromatic heterocycles. The lowest BCUT2D eigenvalue weighted by atomic mass is 10.1. The standard InChI is InChI=1S/C18H12Br2OS2/c19-15-11-14(23-18(15)20)6-8-16(21)17-9-7-13(22-17)10-12-4-2-1-3-5-12/h1-9,11H,10H2/b8-6+. The normalized spacial score (nSPS) is 11.2. The number of halogens is 2. The molecule has 0 radical (unpaired) electrons. The molecular formula is C18H12Br2OS2. The van der Waals surface area contributed by atoms with Gasteiger partial charge in [0.25, 0.3) is 0 Å². The zero-order valence-electron chi connectivity index (χ0n) is 12.0. The van der Waals surface area contributed by atoms with Gasteiger partial charge in [-0.15, -0.1) is 22.7 Å². The van der Waals surface area contributed by atoms with Crippen molar-refractivity contribution in [1.82, 2.24) is 0 Å². The molecule has 1 aromatic carbocycles. The summed E-state index contributed by atoms with van der Waals surface area (Å²) in [7, 11) is 0. The van der Waals surface area contributed by atoms with Crippen LogP contribution in [-0.4, -0.2) is 5.78 Å². The van der Waals surface area contributed by atoms with Gasteiger partial charge in [-0.2, -0.15) is 0 Å².